The molecule has 0 aromatic carbocycles. The molecule has 0 unspecified atom stereocenters. The minimum Gasteiger partial charge on any atom is -0.393 e. The SMILES string of the molecule is C=C(C)[C@@H]1C[C@@]2(C)C(=CC1=O)[C@H](O)C[C@@H](O)[C@@H]2C. The topological polar surface area (TPSA) is 57.5 Å². The fourth-order valence-electron chi connectivity index (χ4n) is 3.39. The van der Waals surface area contributed by atoms with Gasteiger partial charge in [0.2, 0.25) is 0 Å². The van der Waals surface area contributed by atoms with E-state index in [0.29, 0.717) is 12.8 Å². The second-order valence-corrected chi connectivity index (χ2v) is 6.13. The summed E-state index contributed by atoms with van der Waals surface area (Å²) >= 11 is 0. The van der Waals surface area contributed by atoms with Gasteiger partial charge in [0.15, 0.2) is 5.78 Å². The molecule has 0 spiro atoms. The summed E-state index contributed by atoms with van der Waals surface area (Å²) in [7, 11) is 0. The maximum absolute atomic E-state index is 12.1. The zero-order valence-electron chi connectivity index (χ0n) is 11.3. The molecule has 2 aliphatic carbocycles. The number of carbonyl (C=O) groups excluding carboxylic acids is 1. The first-order chi connectivity index (χ1) is 8.27. The Hall–Kier alpha value is -0.930. The first kappa shape index (κ1) is 13.5. The highest BCUT2D eigenvalue weighted by Crippen LogP contribution is 2.52. The van der Waals surface area contributed by atoms with Gasteiger partial charge in [-0.25, -0.2) is 0 Å². The lowest BCUT2D eigenvalue weighted by Crippen LogP contribution is -2.50. The standard InChI is InChI=1S/C15H22O3/c1-8(2)10-7-15(4)9(3)12(16)6-14(18)11(15)5-13(10)17/h5,9-10,12,14,16,18H,1,6-7H2,2-4H3/t9-,10-,12+,14+,15+/m0/s1. The van der Waals surface area contributed by atoms with E-state index in [1.54, 1.807) is 6.08 Å². The average Bonchev–Trinajstić information content (AvgIpc) is 2.28. The lowest BCUT2D eigenvalue weighted by Gasteiger charge is -2.50. The van der Waals surface area contributed by atoms with Crippen molar-refractivity contribution >= 4 is 5.78 Å². The number of aliphatic hydroxyl groups is 2. The summed E-state index contributed by atoms with van der Waals surface area (Å²) in [6.45, 7) is 9.79. The molecule has 2 N–H and O–H groups in total. The van der Waals surface area contributed by atoms with Crippen LogP contribution in [0.25, 0.3) is 0 Å². The minimum atomic E-state index is -0.698. The summed E-state index contributed by atoms with van der Waals surface area (Å²) in [4.78, 5) is 12.1. The van der Waals surface area contributed by atoms with Crippen molar-refractivity contribution in [3.63, 3.8) is 0 Å². The molecule has 5 atom stereocenters. The van der Waals surface area contributed by atoms with E-state index in [1.165, 1.54) is 0 Å². The number of hydrogen-bond donors (Lipinski definition) is 2. The largest absolute Gasteiger partial charge is 0.393 e. The molecule has 3 nitrogen and oxygen atoms in total. The maximum Gasteiger partial charge on any atom is 0.162 e. The summed E-state index contributed by atoms with van der Waals surface area (Å²) in [6, 6.07) is 0. The highest BCUT2D eigenvalue weighted by Gasteiger charge is 2.50. The van der Waals surface area contributed by atoms with Gasteiger partial charge >= 0.3 is 0 Å². The quantitative estimate of drug-likeness (QED) is 0.698. The van der Waals surface area contributed by atoms with E-state index in [0.717, 1.165) is 11.1 Å². The van der Waals surface area contributed by atoms with Crippen LogP contribution >= 0.6 is 0 Å². The van der Waals surface area contributed by atoms with E-state index < -0.39 is 12.2 Å². The predicted molar refractivity (Wildman–Crippen MR) is 69.9 cm³/mol. The average molecular weight is 250 g/mol. The van der Waals surface area contributed by atoms with E-state index in [1.807, 2.05) is 20.8 Å². The van der Waals surface area contributed by atoms with Crippen LogP contribution < -0.4 is 0 Å². The third kappa shape index (κ3) is 1.86. The van der Waals surface area contributed by atoms with Gasteiger partial charge in [-0.15, -0.1) is 0 Å². The van der Waals surface area contributed by atoms with Crippen molar-refractivity contribution in [2.24, 2.45) is 17.3 Å². The molecular weight excluding hydrogens is 228 g/mol. The number of rotatable bonds is 1. The van der Waals surface area contributed by atoms with E-state index in [2.05, 4.69) is 6.58 Å². The molecule has 0 aromatic rings. The Bertz CT molecular complexity index is 423. The molecule has 2 aliphatic rings. The molecular formula is C15H22O3. The molecule has 3 heteroatoms. The first-order valence-electron chi connectivity index (χ1n) is 6.55. The molecule has 1 fully saturated rings. The van der Waals surface area contributed by atoms with Crippen LogP contribution in [0.4, 0.5) is 0 Å². The predicted octanol–water partition coefficient (Wildman–Crippen LogP) is 1.85. The van der Waals surface area contributed by atoms with E-state index in [9.17, 15) is 15.0 Å². The van der Waals surface area contributed by atoms with Gasteiger partial charge in [0.05, 0.1) is 12.2 Å². The Morgan fingerprint density at radius 1 is 1.50 bits per heavy atom. The van der Waals surface area contributed by atoms with Gasteiger partial charge in [-0.1, -0.05) is 26.0 Å². The zero-order chi connectivity index (χ0) is 13.7. The van der Waals surface area contributed by atoms with Gasteiger partial charge < -0.3 is 10.2 Å². The zero-order valence-corrected chi connectivity index (χ0v) is 11.3. The van der Waals surface area contributed by atoms with Crippen LogP contribution in [0.1, 0.15) is 33.6 Å². The molecule has 0 radical (unpaired) electrons. The van der Waals surface area contributed by atoms with E-state index in [4.69, 9.17) is 0 Å². The lowest BCUT2D eigenvalue weighted by molar-refractivity contribution is -0.121. The fraction of sp³-hybridized carbons (Fsp3) is 0.667. The smallest absolute Gasteiger partial charge is 0.162 e. The van der Waals surface area contributed by atoms with Crippen molar-refractivity contribution < 1.29 is 15.0 Å². The van der Waals surface area contributed by atoms with Crippen LogP contribution in [-0.4, -0.2) is 28.2 Å². The van der Waals surface area contributed by atoms with Crippen LogP contribution in [0.2, 0.25) is 0 Å². The lowest BCUT2D eigenvalue weighted by atomic mass is 9.56. The van der Waals surface area contributed by atoms with Crippen LogP contribution in [-0.2, 0) is 4.79 Å². The number of fused-ring (bicyclic) bond motifs is 1. The number of ketones is 1. The van der Waals surface area contributed by atoms with Crippen LogP contribution in [0.5, 0.6) is 0 Å². The Morgan fingerprint density at radius 2 is 2.11 bits per heavy atom. The van der Waals surface area contributed by atoms with Crippen LogP contribution in [0, 0.1) is 17.3 Å². The van der Waals surface area contributed by atoms with Crippen molar-refractivity contribution in [1.29, 1.82) is 0 Å². The number of carbonyl (C=O) groups is 1. The van der Waals surface area contributed by atoms with Crippen LogP contribution in [0.15, 0.2) is 23.8 Å². The first-order valence-corrected chi connectivity index (χ1v) is 6.55. The molecule has 0 aliphatic heterocycles. The second-order valence-electron chi connectivity index (χ2n) is 6.13. The van der Waals surface area contributed by atoms with Gasteiger partial charge in [0, 0.05) is 12.3 Å². The number of allylic oxidation sites excluding steroid dienone is 2. The maximum atomic E-state index is 12.1. The van der Waals surface area contributed by atoms with Crippen molar-refractivity contribution in [2.75, 3.05) is 0 Å². The number of hydrogen-bond acceptors (Lipinski definition) is 3. The molecule has 18 heavy (non-hydrogen) atoms. The summed E-state index contributed by atoms with van der Waals surface area (Å²) in [5.74, 6) is -0.0987. The summed E-state index contributed by atoms with van der Waals surface area (Å²) in [5.41, 5.74) is 1.34. The monoisotopic (exact) mass is 250 g/mol. The minimum absolute atomic E-state index is 0.0395. The molecule has 2 rings (SSSR count). The Balaban J connectivity index is 2.46. The van der Waals surface area contributed by atoms with Gasteiger partial charge in [0.1, 0.15) is 0 Å². The summed E-state index contributed by atoms with van der Waals surface area (Å²) < 4.78 is 0. The molecule has 0 heterocycles. The summed E-state index contributed by atoms with van der Waals surface area (Å²) in [6.07, 6.45) is 1.35. The summed E-state index contributed by atoms with van der Waals surface area (Å²) in [5, 5.41) is 20.1. The molecule has 0 bridgehead atoms. The van der Waals surface area contributed by atoms with Gasteiger partial charge in [-0.2, -0.15) is 0 Å². The van der Waals surface area contributed by atoms with Crippen LogP contribution in [0.3, 0.4) is 0 Å². The van der Waals surface area contributed by atoms with Crippen molar-refractivity contribution in [3.8, 4) is 0 Å². The molecule has 0 saturated heterocycles. The van der Waals surface area contributed by atoms with Crippen molar-refractivity contribution in [3.05, 3.63) is 23.8 Å². The molecule has 0 aromatic heterocycles. The second kappa shape index (κ2) is 4.32. The van der Waals surface area contributed by atoms with E-state index in [-0.39, 0.29) is 23.0 Å². The number of aliphatic hydroxyl groups excluding tert-OH is 2. The molecule has 1 saturated carbocycles. The Morgan fingerprint density at radius 3 is 2.67 bits per heavy atom. The Labute approximate surface area is 108 Å². The van der Waals surface area contributed by atoms with Gasteiger partial charge in [-0.3, -0.25) is 4.79 Å². The van der Waals surface area contributed by atoms with Gasteiger partial charge in [0.25, 0.3) is 0 Å². The normalized spacial score (nSPS) is 44.3. The van der Waals surface area contributed by atoms with E-state index >= 15 is 0 Å². The highest BCUT2D eigenvalue weighted by atomic mass is 16.3. The third-order valence-corrected chi connectivity index (χ3v) is 4.93. The molecule has 0 amide bonds. The molecule has 100 valence electrons. The van der Waals surface area contributed by atoms with Crippen molar-refractivity contribution in [2.45, 2.75) is 45.8 Å². The van der Waals surface area contributed by atoms with Gasteiger partial charge in [-0.05, 0) is 36.3 Å². The van der Waals surface area contributed by atoms with Crippen molar-refractivity contribution in [1.82, 2.24) is 0 Å². The Kier molecular flexibility index (Phi) is 3.24. The fourth-order valence-corrected chi connectivity index (χ4v) is 3.39. The highest BCUT2D eigenvalue weighted by molar-refractivity contribution is 5.95. The third-order valence-electron chi connectivity index (χ3n) is 4.93.